The van der Waals surface area contributed by atoms with Crippen molar-refractivity contribution in [2.75, 3.05) is 0 Å². The van der Waals surface area contributed by atoms with Crippen LogP contribution in [0.5, 0.6) is 5.75 Å². The van der Waals surface area contributed by atoms with Gasteiger partial charge in [0.25, 0.3) is 5.79 Å². The van der Waals surface area contributed by atoms with E-state index in [0.29, 0.717) is 5.75 Å². The van der Waals surface area contributed by atoms with Gasteiger partial charge >= 0.3 is 17.2 Å². The van der Waals surface area contributed by atoms with Crippen LogP contribution in [0.3, 0.4) is 0 Å². The lowest BCUT2D eigenvalue weighted by Crippen LogP contribution is -2.49. The first-order valence-electron chi connectivity index (χ1n) is 7.70. The molecule has 0 saturated heterocycles. The molecule has 1 saturated carbocycles. The molecular formula is C15H12F2IO8S-. The molecule has 27 heavy (non-hydrogen) atoms. The van der Waals surface area contributed by atoms with Crippen molar-refractivity contribution >= 4 is 44.6 Å². The summed E-state index contributed by atoms with van der Waals surface area (Å²) in [7, 11) is -6.18. The second-order valence-corrected chi connectivity index (χ2v) is 8.78. The van der Waals surface area contributed by atoms with E-state index < -0.39 is 39.2 Å². The molecule has 3 rings (SSSR count). The fourth-order valence-corrected chi connectivity index (χ4v) is 3.58. The Kier molecular flexibility index (Phi) is 5.10. The van der Waals surface area contributed by atoms with Crippen molar-refractivity contribution in [3.8, 4) is 5.75 Å². The molecule has 1 spiro atoms. The third kappa shape index (κ3) is 3.87. The highest BCUT2D eigenvalue weighted by molar-refractivity contribution is 14.1. The van der Waals surface area contributed by atoms with Crippen LogP contribution in [0.1, 0.15) is 36.0 Å². The SMILES string of the molecule is O=C1OC2(CCC(OC(=O)C(F)(F)S(=O)(=O)[O-])CC2)Oc2cc(I)ccc21. The molecule has 1 aliphatic heterocycles. The molecule has 0 aromatic heterocycles. The minimum atomic E-state index is -6.18. The fourth-order valence-electron chi connectivity index (χ4n) is 2.87. The molecule has 8 nitrogen and oxygen atoms in total. The standard InChI is InChI=1S/C15H13F2IO8S/c16-15(17,27(21,22)23)13(20)24-9-3-5-14(6-4-9)25-11-7-8(18)1-2-10(11)12(19)26-14/h1-2,7,9H,3-6H2,(H,21,22,23)/p-1. The van der Waals surface area contributed by atoms with Crippen molar-refractivity contribution in [1.82, 2.24) is 0 Å². The molecule has 1 fully saturated rings. The Morgan fingerprint density at radius 1 is 1.30 bits per heavy atom. The van der Waals surface area contributed by atoms with Gasteiger partial charge in [-0.3, -0.25) is 0 Å². The van der Waals surface area contributed by atoms with Gasteiger partial charge in [-0.25, -0.2) is 18.0 Å². The van der Waals surface area contributed by atoms with Crippen LogP contribution in [0.15, 0.2) is 18.2 Å². The molecule has 1 heterocycles. The van der Waals surface area contributed by atoms with Gasteiger partial charge in [-0.1, -0.05) is 0 Å². The van der Waals surface area contributed by atoms with Crippen molar-refractivity contribution in [3.05, 3.63) is 27.3 Å². The first kappa shape index (κ1) is 20.2. The maximum Gasteiger partial charge on any atom is 0.428 e. The molecule has 0 bridgehead atoms. The van der Waals surface area contributed by atoms with Crippen LogP contribution in [0.4, 0.5) is 8.78 Å². The molecule has 2 aliphatic rings. The molecule has 12 heteroatoms. The minimum absolute atomic E-state index is 0.0206. The second-order valence-electron chi connectivity index (χ2n) is 6.12. The summed E-state index contributed by atoms with van der Waals surface area (Å²) in [4.78, 5) is 23.5. The molecule has 0 unspecified atom stereocenters. The van der Waals surface area contributed by atoms with E-state index in [-0.39, 0.29) is 31.2 Å². The van der Waals surface area contributed by atoms with Crippen molar-refractivity contribution in [2.45, 2.75) is 42.8 Å². The zero-order valence-corrected chi connectivity index (χ0v) is 16.4. The molecule has 0 amide bonds. The van der Waals surface area contributed by atoms with Crippen LogP contribution in [0.25, 0.3) is 0 Å². The Balaban J connectivity index is 1.67. The molecule has 0 radical (unpaired) electrons. The predicted octanol–water partition coefficient (Wildman–Crippen LogP) is 2.16. The summed E-state index contributed by atoms with van der Waals surface area (Å²) in [6, 6.07) is 4.93. The van der Waals surface area contributed by atoms with Crippen molar-refractivity contribution in [3.63, 3.8) is 0 Å². The van der Waals surface area contributed by atoms with Crippen LogP contribution in [0, 0.1) is 3.57 Å². The van der Waals surface area contributed by atoms with Crippen molar-refractivity contribution in [1.29, 1.82) is 0 Å². The number of esters is 2. The van der Waals surface area contributed by atoms with Crippen LogP contribution in [-0.4, -0.2) is 42.1 Å². The molecule has 1 aliphatic carbocycles. The number of rotatable bonds is 3. The summed E-state index contributed by atoms with van der Waals surface area (Å²) >= 11 is 2.05. The number of halogens is 3. The number of hydrogen-bond acceptors (Lipinski definition) is 8. The minimum Gasteiger partial charge on any atom is -0.743 e. The van der Waals surface area contributed by atoms with Gasteiger partial charge in [0.15, 0.2) is 10.1 Å². The van der Waals surface area contributed by atoms with E-state index in [1.807, 2.05) is 22.6 Å². The van der Waals surface area contributed by atoms with E-state index in [0.717, 1.165) is 3.57 Å². The third-order valence-electron chi connectivity index (χ3n) is 4.26. The molecular weight excluding hydrogens is 505 g/mol. The molecule has 1 aromatic carbocycles. The van der Waals surface area contributed by atoms with Gasteiger partial charge in [0.05, 0.1) is 0 Å². The number of carbonyl (C=O) groups is 2. The van der Waals surface area contributed by atoms with Crippen molar-refractivity contribution < 1.29 is 45.6 Å². The maximum atomic E-state index is 13.2. The Morgan fingerprint density at radius 3 is 2.52 bits per heavy atom. The zero-order valence-electron chi connectivity index (χ0n) is 13.4. The van der Waals surface area contributed by atoms with Crippen LogP contribution < -0.4 is 4.74 Å². The highest BCUT2D eigenvalue weighted by Gasteiger charge is 2.51. The Hall–Kier alpha value is -1.54. The van der Waals surface area contributed by atoms with E-state index in [4.69, 9.17) is 9.47 Å². The molecule has 148 valence electrons. The second kappa shape index (κ2) is 6.81. The third-order valence-corrected chi connectivity index (χ3v) is 5.72. The molecule has 0 atom stereocenters. The van der Waals surface area contributed by atoms with Crippen LogP contribution in [0.2, 0.25) is 0 Å². The highest BCUT2D eigenvalue weighted by atomic mass is 127. The molecule has 0 N–H and O–H groups in total. The lowest BCUT2D eigenvalue weighted by molar-refractivity contribution is -0.196. The van der Waals surface area contributed by atoms with E-state index in [1.165, 1.54) is 0 Å². The fraction of sp³-hybridized carbons (Fsp3) is 0.467. The first-order valence-corrected chi connectivity index (χ1v) is 10.2. The summed E-state index contributed by atoms with van der Waals surface area (Å²) in [6.45, 7) is 0. The largest absolute Gasteiger partial charge is 0.743 e. The Bertz CT molecular complexity index is 893. The summed E-state index contributed by atoms with van der Waals surface area (Å²) in [5.41, 5.74) is 0.259. The average Bonchev–Trinajstić information content (AvgIpc) is 2.55. The van der Waals surface area contributed by atoms with Gasteiger partial charge in [0, 0.05) is 16.4 Å². The maximum absolute atomic E-state index is 13.2. The number of alkyl halides is 2. The number of ether oxygens (including phenoxy) is 3. The quantitative estimate of drug-likeness (QED) is 0.340. The molecule has 1 aromatic rings. The number of hydrogen-bond donors (Lipinski definition) is 0. The number of benzene rings is 1. The van der Waals surface area contributed by atoms with Gasteiger partial charge < -0.3 is 18.8 Å². The lowest BCUT2D eigenvalue weighted by atomic mass is 9.90. The van der Waals surface area contributed by atoms with Crippen molar-refractivity contribution in [2.24, 2.45) is 0 Å². The van der Waals surface area contributed by atoms with Gasteiger partial charge in [-0.05, 0) is 53.6 Å². The van der Waals surface area contributed by atoms with Crippen LogP contribution >= 0.6 is 22.6 Å². The first-order chi connectivity index (χ1) is 12.4. The average molecular weight is 517 g/mol. The summed E-state index contributed by atoms with van der Waals surface area (Å²) < 4.78 is 74.3. The van der Waals surface area contributed by atoms with Crippen LogP contribution in [-0.2, 0) is 24.4 Å². The van der Waals surface area contributed by atoms with E-state index in [1.54, 1.807) is 18.2 Å². The highest BCUT2D eigenvalue weighted by Crippen LogP contribution is 2.41. The van der Waals surface area contributed by atoms with E-state index >= 15 is 0 Å². The zero-order chi connectivity index (χ0) is 20.0. The summed E-state index contributed by atoms with van der Waals surface area (Å²) in [6.07, 6.45) is -1.02. The number of carbonyl (C=O) groups excluding carboxylic acids is 2. The predicted molar refractivity (Wildman–Crippen MR) is 90.9 cm³/mol. The van der Waals surface area contributed by atoms with E-state index in [9.17, 15) is 31.3 Å². The monoisotopic (exact) mass is 517 g/mol. The van der Waals surface area contributed by atoms with Gasteiger partial charge in [0.1, 0.15) is 17.4 Å². The summed E-state index contributed by atoms with van der Waals surface area (Å²) in [5, 5.41) is -5.16. The topological polar surface area (TPSA) is 119 Å². The lowest BCUT2D eigenvalue weighted by Gasteiger charge is -2.41. The summed E-state index contributed by atoms with van der Waals surface area (Å²) in [5.74, 6) is -3.99. The normalized spacial score (nSPS) is 25.3. The smallest absolute Gasteiger partial charge is 0.428 e. The van der Waals surface area contributed by atoms with Gasteiger partial charge in [-0.15, -0.1) is 0 Å². The Labute approximate surface area is 166 Å². The Morgan fingerprint density at radius 2 is 1.93 bits per heavy atom. The van der Waals surface area contributed by atoms with Gasteiger partial charge in [-0.2, -0.15) is 8.78 Å². The number of fused-ring (bicyclic) bond motifs is 1. The van der Waals surface area contributed by atoms with E-state index in [2.05, 4.69) is 4.74 Å². The van der Waals surface area contributed by atoms with Gasteiger partial charge in [0.2, 0.25) is 0 Å².